The van der Waals surface area contributed by atoms with E-state index in [1.807, 2.05) is 18.2 Å². The summed E-state index contributed by atoms with van der Waals surface area (Å²) in [5.74, 6) is -0.620. The van der Waals surface area contributed by atoms with Crippen molar-refractivity contribution < 1.29 is 23.0 Å². The number of fused-ring (bicyclic) bond motifs is 2. The maximum Gasteiger partial charge on any atom is 0.332 e. The van der Waals surface area contributed by atoms with Crippen LogP contribution in [0.2, 0.25) is 10.0 Å². The second kappa shape index (κ2) is 13.9. The van der Waals surface area contributed by atoms with Crippen LogP contribution < -0.4 is 27.0 Å². The van der Waals surface area contributed by atoms with Gasteiger partial charge in [0.15, 0.2) is 11.5 Å². The van der Waals surface area contributed by atoms with Gasteiger partial charge in [0.05, 0.1) is 47.4 Å². The number of methoxy groups -OCH3 is 1. The lowest BCUT2D eigenvalue weighted by atomic mass is 9.99. The largest absolute Gasteiger partial charge is 0.481 e. The molecule has 1 aliphatic carbocycles. The van der Waals surface area contributed by atoms with Gasteiger partial charge in [0.2, 0.25) is 5.88 Å². The van der Waals surface area contributed by atoms with Crippen molar-refractivity contribution in [2.75, 3.05) is 25.6 Å². The molecule has 1 fully saturated rings. The van der Waals surface area contributed by atoms with E-state index in [9.17, 15) is 18.4 Å². The van der Waals surface area contributed by atoms with Crippen molar-refractivity contribution >= 4 is 45.7 Å². The van der Waals surface area contributed by atoms with Gasteiger partial charge in [-0.2, -0.15) is 0 Å². The zero-order valence-corrected chi connectivity index (χ0v) is 29.3. The van der Waals surface area contributed by atoms with Crippen LogP contribution in [0.15, 0.2) is 52.1 Å². The van der Waals surface area contributed by atoms with Gasteiger partial charge in [-0.05, 0) is 30.5 Å². The lowest BCUT2D eigenvalue weighted by Gasteiger charge is -2.30. The molecule has 16 heteroatoms. The molecule has 3 aromatic heterocycles. The molecule has 2 aromatic carbocycles. The predicted molar refractivity (Wildman–Crippen MR) is 189 cm³/mol. The second-order valence-electron chi connectivity index (χ2n) is 12.5. The quantitative estimate of drug-likeness (QED) is 0.213. The van der Waals surface area contributed by atoms with Crippen molar-refractivity contribution in [2.24, 2.45) is 19.8 Å². The van der Waals surface area contributed by atoms with Crippen LogP contribution in [0.5, 0.6) is 5.88 Å². The van der Waals surface area contributed by atoms with Crippen LogP contribution >= 0.6 is 23.2 Å². The van der Waals surface area contributed by atoms with E-state index in [2.05, 4.69) is 15.3 Å². The van der Waals surface area contributed by atoms with E-state index < -0.39 is 23.5 Å². The molecule has 1 unspecified atom stereocenters. The normalized spacial score (nSPS) is 18.7. The minimum atomic E-state index is -3.08. The number of aromatic nitrogens is 5. The number of benzene rings is 2. The molecule has 0 radical (unpaired) electrons. The molecule has 1 aliphatic heterocycles. The molecule has 0 spiro atoms. The third-order valence-electron chi connectivity index (χ3n) is 9.30. The van der Waals surface area contributed by atoms with Gasteiger partial charge in [0, 0.05) is 55.4 Å². The lowest BCUT2D eigenvalue weighted by molar-refractivity contribution is -0.0901. The smallest absolute Gasteiger partial charge is 0.332 e. The number of nitrogens with zero attached hydrogens (tertiary/aromatic N) is 5. The first-order valence-electron chi connectivity index (χ1n) is 16.1. The Morgan fingerprint density at radius 3 is 2.45 bits per heavy atom. The summed E-state index contributed by atoms with van der Waals surface area (Å²) in [6, 6.07) is 12.4. The molecule has 51 heavy (non-hydrogen) atoms. The zero-order chi connectivity index (χ0) is 36.1. The number of ether oxygens (including phenoxy) is 3. The van der Waals surface area contributed by atoms with E-state index in [0.29, 0.717) is 59.3 Å². The van der Waals surface area contributed by atoms with E-state index >= 15 is 0 Å². The van der Waals surface area contributed by atoms with Crippen LogP contribution in [0.25, 0.3) is 33.4 Å². The summed E-state index contributed by atoms with van der Waals surface area (Å²) in [6.07, 6.45) is -1.35. The van der Waals surface area contributed by atoms with Crippen LogP contribution in [-0.2, 0) is 36.4 Å². The molecule has 3 N–H and O–H groups in total. The number of pyridine rings is 1. The Labute approximate surface area is 300 Å². The Kier molecular flexibility index (Phi) is 9.54. The van der Waals surface area contributed by atoms with Gasteiger partial charge < -0.3 is 25.3 Å². The standard InChI is InChI=1S/C35H33Cl2F2N7O5/c1-45-32-26(34(47)46(2)35(45)48)30(43-31(44-32)29(38)39)41-23-9-5-7-19(28(23)37)18-6-4-8-20(27(18)36)24-13-16-12-17(14-21(16)33(42-24)49-3)51-25-15-50-11-10-22(25)40/h4-9,13,17,22,25,29H,10-12,14-15,40H2,1-3H3,(H,41,43,44)/t17?,22-,25+/m1/s1. The molecule has 0 amide bonds. The number of rotatable bonds is 8. The Balaban J connectivity index is 1.24. The highest BCUT2D eigenvalue weighted by Crippen LogP contribution is 2.43. The van der Waals surface area contributed by atoms with Crippen LogP contribution in [-0.4, -0.2) is 62.7 Å². The first-order chi connectivity index (χ1) is 24.5. The van der Waals surface area contributed by atoms with Crippen LogP contribution in [0, 0.1) is 0 Å². The SMILES string of the molecule is COc1nc(-c2cccc(-c3cccc(Nc4nc(C(F)F)nc5c4c(=O)n(C)c(=O)n5C)c3Cl)c2Cl)cc2c1CC(O[C@H]1COCC[C@H]1N)C2. The molecular weight excluding hydrogens is 707 g/mol. The predicted octanol–water partition coefficient (Wildman–Crippen LogP) is 5.35. The van der Waals surface area contributed by atoms with E-state index in [1.54, 1.807) is 31.4 Å². The summed E-state index contributed by atoms with van der Waals surface area (Å²) < 4.78 is 47.3. The minimum absolute atomic E-state index is 0.0851. The summed E-state index contributed by atoms with van der Waals surface area (Å²) in [5, 5.41) is 3.31. The number of aryl methyl sites for hydroxylation is 1. The molecule has 0 saturated carbocycles. The van der Waals surface area contributed by atoms with E-state index in [4.69, 9.17) is 48.1 Å². The summed E-state index contributed by atoms with van der Waals surface area (Å²) in [5.41, 5.74) is 9.09. The highest BCUT2D eigenvalue weighted by Gasteiger charge is 2.33. The van der Waals surface area contributed by atoms with Crippen molar-refractivity contribution in [3.63, 3.8) is 0 Å². The second-order valence-corrected chi connectivity index (χ2v) is 13.2. The molecule has 3 atom stereocenters. The Bertz CT molecular complexity index is 2300. The molecule has 5 aromatic rings. The van der Waals surface area contributed by atoms with Gasteiger partial charge in [-0.25, -0.2) is 28.5 Å². The fraction of sp³-hybridized carbons (Fsp3) is 0.343. The average Bonchev–Trinajstić information content (AvgIpc) is 3.53. The highest BCUT2D eigenvalue weighted by molar-refractivity contribution is 6.39. The Morgan fingerprint density at radius 2 is 1.73 bits per heavy atom. The number of nitrogens with one attached hydrogen (secondary N) is 1. The van der Waals surface area contributed by atoms with Crippen molar-refractivity contribution in [2.45, 2.75) is 43.9 Å². The Hall–Kier alpha value is -4.47. The third-order valence-corrected chi connectivity index (χ3v) is 10.1. The average molecular weight is 741 g/mol. The number of halogens is 4. The fourth-order valence-corrected chi connectivity index (χ4v) is 7.23. The fourth-order valence-electron chi connectivity index (χ4n) is 6.63. The molecule has 1 saturated heterocycles. The van der Waals surface area contributed by atoms with Gasteiger partial charge in [0.25, 0.3) is 12.0 Å². The van der Waals surface area contributed by atoms with Gasteiger partial charge in [-0.15, -0.1) is 0 Å². The van der Waals surface area contributed by atoms with Gasteiger partial charge in [-0.1, -0.05) is 53.5 Å². The molecule has 2 aliphatic rings. The van der Waals surface area contributed by atoms with Gasteiger partial charge in [-0.3, -0.25) is 13.9 Å². The number of hydrogen-bond acceptors (Lipinski definition) is 10. The van der Waals surface area contributed by atoms with Crippen LogP contribution in [0.1, 0.15) is 29.8 Å². The molecule has 4 heterocycles. The maximum absolute atomic E-state index is 13.9. The summed E-state index contributed by atoms with van der Waals surface area (Å²) >= 11 is 14.1. The summed E-state index contributed by atoms with van der Waals surface area (Å²) in [4.78, 5) is 38.3. The first-order valence-corrected chi connectivity index (χ1v) is 16.9. The van der Waals surface area contributed by atoms with Crippen molar-refractivity contribution in [1.82, 2.24) is 24.1 Å². The summed E-state index contributed by atoms with van der Waals surface area (Å²) in [7, 11) is 4.18. The zero-order valence-electron chi connectivity index (χ0n) is 27.8. The van der Waals surface area contributed by atoms with E-state index in [1.165, 1.54) is 14.1 Å². The van der Waals surface area contributed by atoms with E-state index in [0.717, 1.165) is 26.7 Å². The molecule has 7 rings (SSSR count). The number of alkyl halides is 2. The minimum Gasteiger partial charge on any atom is -0.481 e. The molecular formula is C35H33Cl2F2N7O5. The van der Waals surface area contributed by atoms with Crippen molar-refractivity contribution in [3.8, 4) is 28.3 Å². The topological polar surface area (TPSA) is 148 Å². The summed E-state index contributed by atoms with van der Waals surface area (Å²) in [6.45, 7) is 1.09. The third kappa shape index (κ3) is 6.35. The molecule has 266 valence electrons. The molecule has 12 nitrogen and oxygen atoms in total. The van der Waals surface area contributed by atoms with Gasteiger partial charge >= 0.3 is 5.69 Å². The monoisotopic (exact) mass is 739 g/mol. The Morgan fingerprint density at radius 1 is 1.00 bits per heavy atom. The number of nitrogens with two attached hydrogens (primary N) is 1. The lowest BCUT2D eigenvalue weighted by Crippen LogP contribution is -2.46. The van der Waals surface area contributed by atoms with Crippen LogP contribution in [0.3, 0.4) is 0 Å². The van der Waals surface area contributed by atoms with E-state index in [-0.39, 0.29) is 45.8 Å². The van der Waals surface area contributed by atoms with Crippen LogP contribution in [0.4, 0.5) is 20.3 Å². The first kappa shape index (κ1) is 35.0. The van der Waals surface area contributed by atoms with Crippen molar-refractivity contribution in [3.05, 3.63) is 90.3 Å². The number of hydrogen-bond donors (Lipinski definition) is 2. The number of anilines is 2. The van der Waals surface area contributed by atoms with Crippen molar-refractivity contribution in [1.29, 1.82) is 0 Å². The van der Waals surface area contributed by atoms with Gasteiger partial charge in [0.1, 0.15) is 11.2 Å². The maximum atomic E-state index is 13.9. The molecule has 0 bridgehead atoms. The highest BCUT2D eigenvalue weighted by atomic mass is 35.5.